The van der Waals surface area contributed by atoms with Crippen LogP contribution < -0.4 is 16.8 Å². The van der Waals surface area contributed by atoms with Crippen molar-refractivity contribution in [3.8, 4) is 11.5 Å². The second-order valence-corrected chi connectivity index (χ2v) is 6.80. The Balaban J connectivity index is 0.00000261. The van der Waals surface area contributed by atoms with Crippen molar-refractivity contribution in [2.45, 2.75) is 50.9 Å². The average molecular weight is 407 g/mol. The normalized spacial score (nSPS) is 21.4. The van der Waals surface area contributed by atoms with Gasteiger partial charge in [0, 0.05) is 23.3 Å². The van der Waals surface area contributed by atoms with E-state index in [0.29, 0.717) is 0 Å². The maximum atomic E-state index is 13.4. The summed E-state index contributed by atoms with van der Waals surface area (Å²) in [5.41, 5.74) is 5.45. The molecule has 0 amide bonds. The van der Waals surface area contributed by atoms with E-state index in [1.807, 2.05) is 6.92 Å². The highest BCUT2D eigenvalue weighted by atomic mass is 35.5. The molecule has 1 aromatic heterocycles. The predicted molar refractivity (Wildman–Crippen MR) is 97.8 cm³/mol. The Kier molecular flexibility index (Phi) is 6.59. The number of anilines is 1. The fourth-order valence-corrected chi connectivity index (χ4v) is 3.48. The molecule has 0 spiro atoms. The van der Waals surface area contributed by atoms with E-state index >= 15 is 0 Å². The van der Waals surface area contributed by atoms with Crippen molar-refractivity contribution in [3.05, 3.63) is 34.3 Å². The van der Waals surface area contributed by atoms with E-state index in [1.165, 1.54) is 12.1 Å². The number of hydrogen-bond acceptors (Lipinski definition) is 5. The van der Waals surface area contributed by atoms with Gasteiger partial charge in [0.2, 0.25) is 5.89 Å². The lowest BCUT2D eigenvalue weighted by Gasteiger charge is -2.32. The summed E-state index contributed by atoms with van der Waals surface area (Å²) in [7, 11) is 0. The summed E-state index contributed by atoms with van der Waals surface area (Å²) in [4.78, 5) is 11.1. The molecule has 1 heterocycles. The molecule has 3 atom stereocenters. The highest BCUT2D eigenvalue weighted by Gasteiger charge is 2.35. The summed E-state index contributed by atoms with van der Waals surface area (Å²) in [5, 5.41) is 8.76. The molecule has 0 aliphatic heterocycles. The van der Waals surface area contributed by atoms with E-state index < -0.39 is 17.5 Å². The van der Waals surface area contributed by atoms with Crippen LogP contribution in [0.1, 0.15) is 38.2 Å². The molecule has 2 aromatic rings. The van der Waals surface area contributed by atoms with Crippen molar-refractivity contribution in [1.29, 1.82) is 0 Å². The van der Waals surface area contributed by atoms with Crippen molar-refractivity contribution in [2.24, 2.45) is 11.7 Å². The second kappa shape index (κ2) is 8.35. The van der Waals surface area contributed by atoms with Crippen molar-refractivity contribution in [3.63, 3.8) is 0 Å². The van der Waals surface area contributed by atoms with Crippen LogP contribution in [0.3, 0.4) is 0 Å². The van der Waals surface area contributed by atoms with Gasteiger partial charge in [-0.3, -0.25) is 0 Å². The zero-order valence-electron chi connectivity index (χ0n) is 14.7. The second-order valence-electron chi connectivity index (χ2n) is 6.80. The number of H-pyrrole nitrogens is 1. The molecule has 4 N–H and O–H groups in total. The van der Waals surface area contributed by atoms with Gasteiger partial charge in [-0.25, -0.2) is 9.89 Å². The van der Waals surface area contributed by atoms with Crippen LogP contribution in [0, 0.1) is 5.92 Å². The zero-order chi connectivity index (χ0) is 18.9. The van der Waals surface area contributed by atoms with E-state index in [1.54, 1.807) is 0 Å². The van der Waals surface area contributed by atoms with Gasteiger partial charge in [-0.1, -0.05) is 6.42 Å². The number of halogens is 4. The molecule has 3 rings (SSSR count). The Morgan fingerprint density at radius 2 is 2.11 bits per heavy atom. The quantitative estimate of drug-likeness (QED) is 0.717. The predicted octanol–water partition coefficient (Wildman–Crippen LogP) is 3.79. The Morgan fingerprint density at radius 1 is 1.37 bits per heavy atom. The topological polar surface area (TPSA) is 96.9 Å². The average Bonchev–Trinajstić information content (AvgIpc) is 3.00. The van der Waals surface area contributed by atoms with Crippen LogP contribution in [0.5, 0.6) is 0 Å². The largest absolute Gasteiger partial charge is 0.434 e. The van der Waals surface area contributed by atoms with Crippen LogP contribution >= 0.6 is 12.4 Å². The fourth-order valence-electron chi connectivity index (χ4n) is 3.48. The van der Waals surface area contributed by atoms with Gasteiger partial charge in [-0.05, 0) is 50.3 Å². The van der Waals surface area contributed by atoms with Crippen LogP contribution in [0.2, 0.25) is 0 Å². The third-order valence-corrected chi connectivity index (χ3v) is 4.86. The van der Waals surface area contributed by atoms with Crippen molar-refractivity contribution >= 4 is 18.1 Å². The molecule has 1 aliphatic carbocycles. The van der Waals surface area contributed by atoms with Crippen molar-refractivity contribution in [2.75, 3.05) is 5.32 Å². The molecule has 0 saturated heterocycles. The smallest absolute Gasteiger partial charge is 0.388 e. The first-order valence-corrected chi connectivity index (χ1v) is 8.53. The molecular weight excluding hydrogens is 385 g/mol. The Labute approximate surface area is 160 Å². The Hall–Kier alpha value is -2.00. The number of aromatic amines is 1. The summed E-state index contributed by atoms with van der Waals surface area (Å²) in [5.74, 6) is -0.620. The summed E-state index contributed by atoms with van der Waals surface area (Å²) in [6, 6.07) is 3.41. The van der Waals surface area contributed by atoms with Crippen molar-refractivity contribution in [1.82, 2.24) is 10.2 Å². The first-order chi connectivity index (χ1) is 12.2. The van der Waals surface area contributed by atoms with Gasteiger partial charge in [-0.15, -0.1) is 17.5 Å². The molecule has 1 aliphatic rings. The number of benzene rings is 1. The third-order valence-electron chi connectivity index (χ3n) is 4.86. The highest BCUT2D eigenvalue weighted by Crippen LogP contribution is 2.38. The van der Waals surface area contributed by atoms with Crippen LogP contribution in [0.4, 0.5) is 18.9 Å². The molecule has 150 valence electrons. The van der Waals surface area contributed by atoms with Gasteiger partial charge in [0.25, 0.3) is 0 Å². The van der Waals surface area contributed by atoms with Crippen LogP contribution in [-0.4, -0.2) is 22.3 Å². The van der Waals surface area contributed by atoms with E-state index in [0.717, 1.165) is 31.7 Å². The van der Waals surface area contributed by atoms with E-state index in [2.05, 4.69) is 15.5 Å². The van der Waals surface area contributed by atoms with Crippen molar-refractivity contribution < 1.29 is 17.6 Å². The lowest BCUT2D eigenvalue weighted by molar-refractivity contribution is -0.137. The van der Waals surface area contributed by atoms with Gasteiger partial charge >= 0.3 is 11.9 Å². The number of alkyl halides is 3. The number of rotatable bonds is 4. The van der Waals surface area contributed by atoms with Gasteiger partial charge in [-0.2, -0.15) is 13.2 Å². The molecule has 1 unspecified atom stereocenters. The fraction of sp³-hybridized carbons (Fsp3) is 0.529. The van der Waals surface area contributed by atoms with Gasteiger partial charge in [0.15, 0.2) is 0 Å². The first kappa shape index (κ1) is 21.3. The number of aromatic nitrogens is 2. The van der Waals surface area contributed by atoms with Gasteiger partial charge < -0.3 is 15.5 Å². The maximum Gasteiger partial charge on any atom is 0.434 e. The molecule has 1 aromatic carbocycles. The number of hydrogen-bond donors (Lipinski definition) is 3. The molecule has 10 heteroatoms. The summed E-state index contributed by atoms with van der Waals surface area (Å²) in [6.45, 7) is 1.87. The van der Waals surface area contributed by atoms with Gasteiger partial charge in [0.1, 0.15) is 0 Å². The standard InChI is InChI=1S/C17H21F3N4O2.ClH/c1-9(10-3-2-4-12(21)7-10)22-14-8-11(15-23-24-16(25)26-15)5-6-13(14)17(18,19)20;/h5-6,8-10,12,22H,2-4,7,21H2,1H3,(H,24,25);1H/t9?,10-,12+;/m0./s1. The Bertz CT molecular complexity index is 821. The lowest BCUT2D eigenvalue weighted by Crippen LogP contribution is -2.36. The molecule has 1 fully saturated rings. The van der Waals surface area contributed by atoms with Crippen LogP contribution in [0.25, 0.3) is 11.5 Å². The summed E-state index contributed by atoms with van der Waals surface area (Å²) >= 11 is 0. The van der Waals surface area contributed by atoms with Crippen LogP contribution in [0.15, 0.2) is 27.4 Å². The minimum Gasteiger partial charge on any atom is -0.388 e. The third kappa shape index (κ3) is 5.04. The molecule has 1 saturated carbocycles. The number of nitrogens with two attached hydrogens (primary N) is 1. The SMILES string of the molecule is CC(Nc1cc(-c2n[nH]c(=O)o2)ccc1C(F)(F)F)[C@H]1CCC[C@@H](N)C1.Cl. The van der Waals surface area contributed by atoms with E-state index in [4.69, 9.17) is 10.2 Å². The summed E-state index contributed by atoms with van der Waals surface area (Å²) in [6.07, 6.45) is -0.871. The minimum absolute atomic E-state index is 0. The molecule has 0 bridgehead atoms. The number of nitrogens with zero attached hydrogens (tertiary/aromatic N) is 1. The van der Waals surface area contributed by atoms with E-state index in [-0.39, 0.29) is 47.6 Å². The first-order valence-electron chi connectivity index (χ1n) is 8.53. The lowest BCUT2D eigenvalue weighted by atomic mass is 9.82. The highest BCUT2D eigenvalue weighted by molar-refractivity contribution is 5.85. The summed E-state index contributed by atoms with van der Waals surface area (Å²) < 4.78 is 45.0. The van der Waals surface area contributed by atoms with Crippen LogP contribution in [-0.2, 0) is 6.18 Å². The number of nitrogens with one attached hydrogen (secondary N) is 2. The molecule has 6 nitrogen and oxygen atoms in total. The minimum atomic E-state index is -4.50. The van der Waals surface area contributed by atoms with E-state index in [9.17, 15) is 18.0 Å². The molecule has 0 radical (unpaired) electrons. The Morgan fingerprint density at radius 3 is 2.70 bits per heavy atom. The van der Waals surface area contributed by atoms with Gasteiger partial charge in [0.05, 0.1) is 5.56 Å². The maximum absolute atomic E-state index is 13.4. The monoisotopic (exact) mass is 406 g/mol. The zero-order valence-corrected chi connectivity index (χ0v) is 15.5. The molecular formula is C17H22ClF3N4O2. The molecule has 27 heavy (non-hydrogen) atoms.